The molecule has 0 saturated heterocycles. The maximum Gasteiger partial charge on any atom is 0.291 e. The first-order chi connectivity index (χ1) is 12.2. The van der Waals surface area contributed by atoms with Crippen molar-refractivity contribution >= 4 is 17.5 Å². The van der Waals surface area contributed by atoms with Crippen molar-refractivity contribution in [2.24, 2.45) is 5.92 Å². The van der Waals surface area contributed by atoms with Crippen LogP contribution in [-0.2, 0) is 0 Å². The topological polar surface area (TPSA) is 91.6 Å². The zero-order valence-electron chi connectivity index (χ0n) is 13.9. The molecule has 6 heteroatoms. The molecule has 132 valence electrons. The fourth-order valence-corrected chi connectivity index (χ4v) is 3.06. The van der Waals surface area contributed by atoms with Gasteiger partial charge in [-0.2, -0.15) is 0 Å². The predicted molar refractivity (Wildman–Crippen MR) is 93.4 cm³/mol. The average molecular weight is 342 g/mol. The fourth-order valence-electron chi connectivity index (χ4n) is 3.06. The SMILES string of the molecule is O=C(NC1CCC(CO)CC1)c1ccc(NC(=O)c2ccco2)cc1. The van der Waals surface area contributed by atoms with Crippen LogP contribution in [0.2, 0.25) is 0 Å². The number of aliphatic hydroxyl groups excluding tert-OH is 1. The van der Waals surface area contributed by atoms with Crippen molar-refractivity contribution in [1.82, 2.24) is 5.32 Å². The van der Waals surface area contributed by atoms with Gasteiger partial charge in [0.15, 0.2) is 5.76 Å². The molecular formula is C19H22N2O4. The van der Waals surface area contributed by atoms with E-state index in [1.54, 1.807) is 36.4 Å². The number of aliphatic hydroxyl groups is 1. The standard InChI is InChI=1S/C19H22N2O4/c22-12-13-3-7-15(8-4-13)20-18(23)14-5-9-16(10-6-14)21-19(24)17-2-1-11-25-17/h1-2,5-6,9-11,13,15,22H,3-4,7-8,12H2,(H,20,23)(H,21,24). The van der Waals surface area contributed by atoms with E-state index in [0.29, 0.717) is 17.2 Å². The van der Waals surface area contributed by atoms with E-state index < -0.39 is 0 Å². The van der Waals surface area contributed by atoms with Gasteiger partial charge in [-0.3, -0.25) is 9.59 Å². The van der Waals surface area contributed by atoms with Gasteiger partial charge in [0.25, 0.3) is 11.8 Å². The van der Waals surface area contributed by atoms with Gasteiger partial charge < -0.3 is 20.2 Å². The van der Waals surface area contributed by atoms with Gasteiger partial charge in [-0.15, -0.1) is 0 Å². The first kappa shape index (κ1) is 17.2. The quantitative estimate of drug-likeness (QED) is 0.779. The highest BCUT2D eigenvalue weighted by Crippen LogP contribution is 2.24. The Morgan fingerprint density at radius 1 is 1.04 bits per heavy atom. The molecule has 0 bridgehead atoms. The molecule has 1 aliphatic carbocycles. The molecule has 3 rings (SSSR count). The third-order valence-corrected chi connectivity index (χ3v) is 4.59. The van der Waals surface area contributed by atoms with E-state index >= 15 is 0 Å². The second kappa shape index (κ2) is 7.98. The first-order valence-electron chi connectivity index (χ1n) is 8.52. The summed E-state index contributed by atoms with van der Waals surface area (Å²) in [6, 6.07) is 10.2. The second-order valence-corrected chi connectivity index (χ2v) is 6.38. The van der Waals surface area contributed by atoms with E-state index in [4.69, 9.17) is 9.52 Å². The van der Waals surface area contributed by atoms with Gasteiger partial charge >= 0.3 is 0 Å². The van der Waals surface area contributed by atoms with E-state index in [1.165, 1.54) is 6.26 Å². The number of carbonyl (C=O) groups excluding carboxylic acids is 2. The van der Waals surface area contributed by atoms with Crippen molar-refractivity contribution in [3.8, 4) is 0 Å². The van der Waals surface area contributed by atoms with Crippen LogP contribution in [0.25, 0.3) is 0 Å². The molecule has 0 radical (unpaired) electrons. The lowest BCUT2D eigenvalue weighted by Gasteiger charge is -2.27. The summed E-state index contributed by atoms with van der Waals surface area (Å²) >= 11 is 0. The summed E-state index contributed by atoms with van der Waals surface area (Å²) in [6.45, 7) is 0.228. The minimum atomic E-state index is -0.331. The van der Waals surface area contributed by atoms with E-state index in [0.717, 1.165) is 25.7 Å². The van der Waals surface area contributed by atoms with Gasteiger partial charge in [0.1, 0.15) is 0 Å². The number of furan rings is 1. The summed E-state index contributed by atoms with van der Waals surface area (Å²) in [5.41, 5.74) is 1.15. The number of carbonyl (C=O) groups is 2. The van der Waals surface area contributed by atoms with E-state index in [1.807, 2.05) is 0 Å². The van der Waals surface area contributed by atoms with Crippen molar-refractivity contribution in [1.29, 1.82) is 0 Å². The summed E-state index contributed by atoms with van der Waals surface area (Å²) in [4.78, 5) is 24.2. The second-order valence-electron chi connectivity index (χ2n) is 6.38. The number of hydrogen-bond donors (Lipinski definition) is 3. The Balaban J connectivity index is 1.53. The molecule has 2 aromatic rings. The third-order valence-electron chi connectivity index (χ3n) is 4.59. The molecule has 3 N–H and O–H groups in total. The molecule has 6 nitrogen and oxygen atoms in total. The van der Waals surface area contributed by atoms with Crippen LogP contribution in [0, 0.1) is 5.92 Å². The van der Waals surface area contributed by atoms with Gasteiger partial charge in [-0.05, 0) is 68.0 Å². The third kappa shape index (κ3) is 4.48. The van der Waals surface area contributed by atoms with Crippen LogP contribution in [0.15, 0.2) is 47.1 Å². The monoisotopic (exact) mass is 342 g/mol. The minimum absolute atomic E-state index is 0.114. The normalized spacial score (nSPS) is 20.0. The predicted octanol–water partition coefficient (Wildman–Crippen LogP) is 2.81. The maximum atomic E-state index is 12.3. The molecule has 0 atom stereocenters. The fraction of sp³-hybridized carbons (Fsp3) is 0.368. The van der Waals surface area contributed by atoms with Crippen LogP contribution in [0.5, 0.6) is 0 Å². The Kier molecular flexibility index (Phi) is 5.50. The van der Waals surface area contributed by atoms with E-state index in [2.05, 4.69) is 10.6 Å². The highest BCUT2D eigenvalue weighted by molar-refractivity contribution is 6.02. The number of anilines is 1. The molecule has 1 aliphatic rings. The van der Waals surface area contributed by atoms with Gasteiger partial charge in [0.05, 0.1) is 6.26 Å². The Morgan fingerprint density at radius 2 is 1.76 bits per heavy atom. The largest absolute Gasteiger partial charge is 0.459 e. The van der Waals surface area contributed by atoms with E-state index in [9.17, 15) is 9.59 Å². The van der Waals surface area contributed by atoms with Crippen LogP contribution < -0.4 is 10.6 Å². The van der Waals surface area contributed by atoms with Crippen molar-refractivity contribution in [3.63, 3.8) is 0 Å². The average Bonchev–Trinajstić information content (AvgIpc) is 3.18. The highest BCUT2D eigenvalue weighted by Gasteiger charge is 2.22. The van der Waals surface area contributed by atoms with Crippen molar-refractivity contribution in [3.05, 3.63) is 54.0 Å². The summed E-state index contributed by atoms with van der Waals surface area (Å²) in [6.07, 6.45) is 5.12. The number of nitrogens with one attached hydrogen (secondary N) is 2. The molecule has 1 aromatic carbocycles. The van der Waals surface area contributed by atoms with Gasteiger partial charge in [0, 0.05) is 23.9 Å². The van der Waals surface area contributed by atoms with Crippen LogP contribution in [0.4, 0.5) is 5.69 Å². The summed E-state index contributed by atoms with van der Waals surface area (Å²) in [5.74, 6) is 0.157. The number of amides is 2. The molecular weight excluding hydrogens is 320 g/mol. The van der Waals surface area contributed by atoms with Crippen LogP contribution in [-0.4, -0.2) is 29.6 Å². The first-order valence-corrected chi connectivity index (χ1v) is 8.52. The molecule has 0 unspecified atom stereocenters. The van der Waals surface area contributed by atoms with Crippen molar-refractivity contribution < 1.29 is 19.1 Å². The van der Waals surface area contributed by atoms with Gasteiger partial charge in [-0.1, -0.05) is 0 Å². The lowest BCUT2D eigenvalue weighted by molar-refractivity contribution is 0.0913. The van der Waals surface area contributed by atoms with E-state index in [-0.39, 0.29) is 30.2 Å². The smallest absolute Gasteiger partial charge is 0.291 e. The maximum absolute atomic E-state index is 12.3. The number of rotatable bonds is 5. The Hall–Kier alpha value is -2.60. The van der Waals surface area contributed by atoms with Crippen molar-refractivity contribution in [2.45, 2.75) is 31.7 Å². The van der Waals surface area contributed by atoms with Gasteiger partial charge in [0.2, 0.25) is 0 Å². The lowest BCUT2D eigenvalue weighted by atomic mass is 9.86. The van der Waals surface area contributed by atoms with Crippen LogP contribution in [0.3, 0.4) is 0 Å². The molecule has 25 heavy (non-hydrogen) atoms. The molecule has 2 amide bonds. The molecule has 0 aliphatic heterocycles. The Bertz CT molecular complexity index is 702. The highest BCUT2D eigenvalue weighted by atomic mass is 16.3. The molecule has 1 aromatic heterocycles. The minimum Gasteiger partial charge on any atom is -0.459 e. The van der Waals surface area contributed by atoms with Crippen molar-refractivity contribution in [2.75, 3.05) is 11.9 Å². The number of benzene rings is 1. The van der Waals surface area contributed by atoms with Crippen LogP contribution >= 0.6 is 0 Å². The Morgan fingerprint density at radius 3 is 2.36 bits per heavy atom. The summed E-state index contributed by atoms with van der Waals surface area (Å²) < 4.78 is 5.04. The van der Waals surface area contributed by atoms with Gasteiger partial charge in [-0.25, -0.2) is 0 Å². The molecule has 1 saturated carbocycles. The summed E-state index contributed by atoms with van der Waals surface area (Å²) in [7, 11) is 0. The zero-order valence-corrected chi connectivity index (χ0v) is 13.9. The lowest BCUT2D eigenvalue weighted by Crippen LogP contribution is -2.38. The zero-order chi connectivity index (χ0) is 17.6. The molecule has 1 fully saturated rings. The summed E-state index contributed by atoms with van der Waals surface area (Å²) in [5, 5.41) is 14.9. The molecule has 0 spiro atoms. The van der Waals surface area contributed by atoms with Crippen LogP contribution in [0.1, 0.15) is 46.6 Å². The molecule has 1 heterocycles. The number of hydrogen-bond acceptors (Lipinski definition) is 4. The Labute approximate surface area is 146 Å².